The Morgan fingerprint density at radius 2 is 2.05 bits per heavy atom. The van der Waals surface area contributed by atoms with Crippen LogP contribution in [0.5, 0.6) is 0 Å². The number of hydrogen-bond acceptors (Lipinski definition) is 3. The van der Waals surface area contributed by atoms with Gasteiger partial charge in [-0.05, 0) is 36.1 Å². The van der Waals surface area contributed by atoms with Crippen molar-refractivity contribution in [2.75, 3.05) is 16.8 Å². The summed E-state index contributed by atoms with van der Waals surface area (Å²) in [6, 6.07) is 5.05. The third kappa shape index (κ3) is 4.80. The molecule has 0 atom stereocenters. The smallest absolute Gasteiger partial charge is 0.303 e. The van der Waals surface area contributed by atoms with Crippen molar-refractivity contribution in [3.63, 3.8) is 0 Å². The average molecular weight is 348 g/mol. The first kappa shape index (κ1) is 16.5. The van der Waals surface area contributed by atoms with Crippen molar-refractivity contribution in [2.45, 2.75) is 19.3 Å². The minimum Gasteiger partial charge on any atom is -0.481 e. The molecule has 2 N–H and O–H groups in total. The first-order chi connectivity index (χ1) is 9.92. The first-order valence-electron chi connectivity index (χ1n) is 6.45. The Bertz CT molecular complexity index is 561. The van der Waals surface area contributed by atoms with Crippen LogP contribution in [0.15, 0.2) is 18.2 Å². The second kappa shape index (κ2) is 6.90. The lowest BCUT2D eigenvalue weighted by atomic mass is 10.1. The third-order valence-electron chi connectivity index (χ3n) is 3.35. The molecule has 114 valence electrons. The number of anilines is 1. The molecule has 0 saturated heterocycles. The Labute approximate surface area is 137 Å². The molecule has 21 heavy (non-hydrogen) atoms. The molecule has 0 radical (unpaired) electrons. The van der Waals surface area contributed by atoms with Crippen molar-refractivity contribution >= 4 is 52.5 Å². The van der Waals surface area contributed by atoms with E-state index in [1.165, 1.54) is 11.8 Å². The van der Waals surface area contributed by atoms with Crippen molar-refractivity contribution in [3.8, 4) is 0 Å². The molecule has 0 spiro atoms. The number of thioether (sulfide) groups is 1. The van der Waals surface area contributed by atoms with Crippen LogP contribution in [-0.2, 0) is 9.59 Å². The fraction of sp³-hybridized carbons (Fsp3) is 0.429. The Morgan fingerprint density at radius 3 is 2.67 bits per heavy atom. The van der Waals surface area contributed by atoms with Crippen molar-refractivity contribution in [3.05, 3.63) is 28.2 Å². The molecule has 1 fully saturated rings. The molecule has 0 unspecified atom stereocenters. The molecule has 0 bridgehead atoms. The van der Waals surface area contributed by atoms with E-state index in [-0.39, 0.29) is 23.5 Å². The quantitative estimate of drug-likeness (QED) is 0.784. The summed E-state index contributed by atoms with van der Waals surface area (Å²) in [5.41, 5.74) is 0.381. The van der Waals surface area contributed by atoms with Crippen LogP contribution in [0.25, 0.3) is 0 Å². The number of carboxylic acids is 1. The van der Waals surface area contributed by atoms with Crippen LogP contribution in [0.4, 0.5) is 5.69 Å². The van der Waals surface area contributed by atoms with Crippen LogP contribution >= 0.6 is 35.0 Å². The third-order valence-corrected chi connectivity index (χ3v) is 5.45. The molecule has 0 aliphatic heterocycles. The number of carboxylic acid groups (broad SMARTS) is 1. The Balaban J connectivity index is 1.78. The van der Waals surface area contributed by atoms with E-state index < -0.39 is 5.97 Å². The lowest BCUT2D eigenvalue weighted by molar-refractivity contribution is -0.138. The molecular weight excluding hydrogens is 333 g/mol. The minimum atomic E-state index is -0.775. The molecule has 4 nitrogen and oxygen atoms in total. The topological polar surface area (TPSA) is 66.4 Å². The number of carbonyl (C=O) groups is 2. The second-order valence-electron chi connectivity index (χ2n) is 5.21. The number of benzene rings is 1. The van der Waals surface area contributed by atoms with Gasteiger partial charge >= 0.3 is 5.97 Å². The van der Waals surface area contributed by atoms with Crippen LogP contribution in [0.2, 0.25) is 10.0 Å². The van der Waals surface area contributed by atoms with Crippen molar-refractivity contribution in [1.82, 2.24) is 0 Å². The summed E-state index contributed by atoms with van der Waals surface area (Å²) in [4.78, 5) is 22.6. The van der Waals surface area contributed by atoms with Gasteiger partial charge in [0, 0.05) is 0 Å². The van der Waals surface area contributed by atoms with E-state index in [9.17, 15) is 9.59 Å². The van der Waals surface area contributed by atoms with E-state index in [2.05, 4.69) is 5.32 Å². The maximum atomic E-state index is 11.9. The highest BCUT2D eigenvalue weighted by Crippen LogP contribution is 2.51. The van der Waals surface area contributed by atoms with Gasteiger partial charge in [0.15, 0.2) is 0 Å². The van der Waals surface area contributed by atoms with Gasteiger partial charge in [-0.15, -0.1) is 0 Å². The van der Waals surface area contributed by atoms with E-state index in [1.807, 2.05) is 0 Å². The first-order valence-corrected chi connectivity index (χ1v) is 8.36. The summed E-state index contributed by atoms with van der Waals surface area (Å²) >= 11 is 13.3. The fourth-order valence-electron chi connectivity index (χ4n) is 2.02. The number of hydrogen-bond donors (Lipinski definition) is 2. The molecule has 1 aromatic carbocycles. The summed E-state index contributed by atoms with van der Waals surface area (Å²) in [7, 11) is 0. The number of halogens is 2. The van der Waals surface area contributed by atoms with Gasteiger partial charge in [-0.1, -0.05) is 29.3 Å². The number of rotatable bonds is 7. The van der Waals surface area contributed by atoms with Gasteiger partial charge < -0.3 is 10.4 Å². The van der Waals surface area contributed by atoms with Crippen LogP contribution in [0.3, 0.4) is 0 Å². The summed E-state index contributed by atoms with van der Waals surface area (Å²) < 4.78 is 0. The van der Waals surface area contributed by atoms with Gasteiger partial charge in [-0.25, -0.2) is 0 Å². The lowest BCUT2D eigenvalue weighted by Crippen LogP contribution is -2.17. The summed E-state index contributed by atoms with van der Waals surface area (Å²) in [6.45, 7) is 0. The zero-order chi connectivity index (χ0) is 15.5. The SMILES string of the molecule is O=C(O)CC1(CSCC(=O)Nc2cccc(Cl)c2Cl)CC1. The largest absolute Gasteiger partial charge is 0.481 e. The normalized spacial score (nSPS) is 15.5. The van der Waals surface area contributed by atoms with Crippen molar-refractivity contribution < 1.29 is 14.7 Å². The molecule has 2 rings (SSSR count). The van der Waals surface area contributed by atoms with E-state index in [0.717, 1.165) is 12.8 Å². The molecule has 0 aromatic heterocycles. The predicted octanol–water partition coefficient (Wildman–Crippen LogP) is 3.92. The molecule has 1 aliphatic carbocycles. The van der Waals surface area contributed by atoms with Crippen LogP contribution in [-0.4, -0.2) is 28.5 Å². The van der Waals surface area contributed by atoms with Crippen LogP contribution in [0, 0.1) is 5.41 Å². The van der Waals surface area contributed by atoms with Gasteiger partial charge in [0.1, 0.15) is 0 Å². The van der Waals surface area contributed by atoms with Gasteiger partial charge in [0.25, 0.3) is 0 Å². The molecule has 7 heteroatoms. The Morgan fingerprint density at radius 1 is 1.33 bits per heavy atom. The highest BCUT2D eigenvalue weighted by Gasteiger charge is 2.44. The molecular formula is C14H15Cl2NO3S. The van der Waals surface area contributed by atoms with Crippen molar-refractivity contribution in [2.24, 2.45) is 5.41 Å². The molecule has 1 saturated carbocycles. The molecule has 1 amide bonds. The maximum absolute atomic E-state index is 11.9. The highest BCUT2D eigenvalue weighted by molar-refractivity contribution is 8.00. The Kier molecular flexibility index (Phi) is 5.41. The molecule has 0 heterocycles. The van der Waals surface area contributed by atoms with Crippen LogP contribution < -0.4 is 5.32 Å². The van der Waals surface area contributed by atoms with E-state index >= 15 is 0 Å². The minimum absolute atomic E-state index is 0.107. The zero-order valence-electron chi connectivity index (χ0n) is 11.2. The van der Waals surface area contributed by atoms with Crippen LogP contribution in [0.1, 0.15) is 19.3 Å². The van der Waals surface area contributed by atoms with Crippen molar-refractivity contribution in [1.29, 1.82) is 0 Å². The van der Waals surface area contributed by atoms with Gasteiger partial charge in [0.05, 0.1) is 27.9 Å². The standard InChI is InChI=1S/C14H15Cl2NO3S/c15-9-2-1-3-10(13(9)16)17-11(18)7-21-8-14(4-5-14)6-12(19)20/h1-3H,4-8H2,(H,17,18)(H,19,20). The summed E-state index contributed by atoms with van der Waals surface area (Å²) in [5, 5.41) is 12.2. The summed E-state index contributed by atoms with van der Waals surface area (Å²) in [5.74, 6) is 0.0128. The van der Waals surface area contributed by atoms with Gasteiger partial charge in [-0.3, -0.25) is 9.59 Å². The predicted molar refractivity (Wildman–Crippen MR) is 86.3 cm³/mol. The monoisotopic (exact) mass is 347 g/mol. The number of amides is 1. The molecule has 1 aromatic rings. The highest BCUT2D eigenvalue weighted by atomic mass is 35.5. The number of aliphatic carboxylic acids is 1. The number of carbonyl (C=O) groups excluding carboxylic acids is 1. The van der Waals surface area contributed by atoms with Gasteiger partial charge in [-0.2, -0.15) is 11.8 Å². The second-order valence-corrected chi connectivity index (χ2v) is 6.98. The Hall–Kier alpha value is -0.910. The van der Waals surface area contributed by atoms with E-state index in [4.69, 9.17) is 28.3 Å². The molecule has 1 aliphatic rings. The summed E-state index contributed by atoms with van der Waals surface area (Å²) in [6.07, 6.45) is 2.03. The van der Waals surface area contributed by atoms with E-state index in [0.29, 0.717) is 21.5 Å². The average Bonchev–Trinajstić information content (AvgIpc) is 3.14. The van der Waals surface area contributed by atoms with E-state index in [1.54, 1.807) is 18.2 Å². The maximum Gasteiger partial charge on any atom is 0.303 e. The number of nitrogens with one attached hydrogen (secondary N) is 1. The lowest BCUT2D eigenvalue weighted by Gasteiger charge is -2.12. The fourth-order valence-corrected chi connectivity index (χ4v) is 3.55. The zero-order valence-corrected chi connectivity index (χ0v) is 13.5. The van der Waals surface area contributed by atoms with Gasteiger partial charge in [0.2, 0.25) is 5.91 Å².